The van der Waals surface area contributed by atoms with Gasteiger partial charge in [-0.05, 0) is 55.9 Å². The van der Waals surface area contributed by atoms with Crippen LogP contribution in [-0.4, -0.2) is 51.0 Å². The van der Waals surface area contributed by atoms with Crippen LogP contribution in [0.4, 0.5) is 5.69 Å². The van der Waals surface area contributed by atoms with Gasteiger partial charge < -0.3 is 20.7 Å². The maximum Gasteiger partial charge on any atom is 0.250 e. The van der Waals surface area contributed by atoms with Gasteiger partial charge in [0, 0.05) is 30.4 Å². The van der Waals surface area contributed by atoms with Crippen LogP contribution >= 0.6 is 0 Å². The summed E-state index contributed by atoms with van der Waals surface area (Å²) in [5.74, 6) is -0.468. The minimum absolute atomic E-state index is 0.0997. The second kappa shape index (κ2) is 10.2. The van der Waals surface area contributed by atoms with Gasteiger partial charge in [-0.3, -0.25) is 4.79 Å². The molecular formula is C29H31N9O2. The number of imidazole rings is 1. The van der Waals surface area contributed by atoms with Gasteiger partial charge in [0.05, 0.1) is 45.7 Å². The monoisotopic (exact) mass is 537 g/mol. The lowest BCUT2D eigenvalue weighted by Gasteiger charge is -2.34. The van der Waals surface area contributed by atoms with Crippen LogP contribution in [-0.2, 0) is 0 Å². The Morgan fingerprint density at radius 2 is 1.88 bits per heavy atom. The highest BCUT2D eigenvalue weighted by molar-refractivity contribution is 5.99. The minimum Gasteiger partial charge on any atom is -0.371 e. The highest BCUT2D eigenvalue weighted by Gasteiger charge is 2.30. The predicted molar refractivity (Wildman–Crippen MR) is 151 cm³/mol. The number of carbonyl (C=O) groups is 1. The highest BCUT2D eigenvalue weighted by atomic mass is 16.3. The molecule has 0 unspecified atom stereocenters. The third-order valence-corrected chi connectivity index (χ3v) is 7.40. The van der Waals surface area contributed by atoms with Crippen molar-refractivity contribution in [3.8, 4) is 22.6 Å². The quantitative estimate of drug-likeness (QED) is 0.259. The number of fused-ring (bicyclic) bond motifs is 1. The fourth-order valence-corrected chi connectivity index (χ4v) is 5.38. The molecule has 11 nitrogen and oxygen atoms in total. The molecule has 204 valence electrons. The minimum atomic E-state index is -1.09. The first-order valence-electron chi connectivity index (χ1n) is 13.5. The van der Waals surface area contributed by atoms with E-state index in [4.69, 9.17) is 15.8 Å². The van der Waals surface area contributed by atoms with Gasteiger partial charge in [-0.2, -0.15) is 5.10 Å². The highest BCUT2D eigenvalue weighted by Crippen LogP contribution is 2.34. The molecule has 0 spiro atoms. The maximum atomic E-state index is 12.3. The maximum absolute atomic E-state index is 12.3. The molecule has 0 atom stereocenters. The molecular weight excluding hydrogens is 506 g/mol. The number of nitrogens with two attached hydrogens (primary N) is 1. The average molecular weight is 538 g/mol. The third kappa shape index (κ3) is 4.68. The summed E-state index contributed by atoms with van der Waals surface area (Å²) < 4.78 is 3.73. The van der Waals surface area contributed by atoms with Gasteiger partial charge in [-0.1, -0.05) is 20.3 Å². The Kier molecular flexibility index (Phi) is 6.51. The summed E-state index contributed by atoms with van der Waals surface area (Å²) in [5.41, 5.74) is 10.1. The smallest absolute Gasteiger partial charge is 0.250 e. The van der Waals surface area contributed by atoms with Crippen molar-refractivity contribution in [2.24, 2.45) is 5.73 Å². The number of nitrogens with zero attached hydrogens (tertiary/aromatic N) is 7. The third-order valence-electron chi connectivity index (χ3n) is 7.40. The molecule has 0 saturated heterocycles. The van der Waals surface area contributed by atoms with Crippen LogP contribution in [0.2, 0.25) is 0 Å². The van der Waals surface area contributed by atoms with Crippen molar-refractivity contribution >= 4 is 22.6 Å². The molecule has 1 aromatic carbocycles. The standard InChI is InChI=1S/C29H31N9O2/c1-18(2)26-25-24(37-15-23(34-17-37)19-13-31-16-32-14-19)8-11-33-28(25)38(36-26)20-6-7-21(27(30)39)22(12-20)35-29(40)9-4-3-5-10-29/h6-8,11-18,35,40H,3-5,9-10H2,1-2H3,(H2,30,39). The number of primary amides is 1. The number of rotatable bonds is 7. The van der Waals surface area contributed by atoms with Gasteiger partial charge in [-0.15, -0.1) is 0 Å². The van der Waals surface area contributed by atoms with E-state index >= 15 is 0 Å². The van der Waals surface area contributed by atoms with Crippen molar-refractivity contribution in [3.63, 3.8) is 0 Å². The Balaban J connectivity index is 1.47. The zero-order valence-corrected chi connectivity index (χ0v) is 22.4. The second-order valence-corrected chi connectivity index (χ2v) is 10.6. The Labute approximate surface area is 231 Å². The van der Waals surface area contributed by atoms with Crippen molar-refractivity contribution < 1.29 is 9.90 Å². The molecule has 1 aliphatic carbocycles. The van der Waals surface area contributed by atoms with E-state index < -0.39 is 11.6 Å². The summed E-state index contributed by atoms with van der Waals surface area (Å²) >= 11 is 0. The first kappa shape index (κ1) is 25.6. The van der Waals surface area contributed by atoms with Crippen molar-refractivity contribution in [1.82, 2.24) is 34.3 Å². The summed E-state index contributed by atoms with van der Waals surface area (Å²) in [5, 5.41) is 20.3. The molecule has 4 heterocycles. The molecule has 40 heavy (non-hydrogen) atoms. The number of amides is 1. The Morgan fingerprint density at radius 1 is 1.10 bits per heavy atom. The number of nitrogens with one attached hydrogen (secondary N) is 1. The molecule has 6 rings (SSSR count). The Hall–Kier alpha value is -4.64. The van der Waals surface area contributed by atoms with E-state index in [2.05, 4.69) is 34.1 Å². The van der Waals surface area contributed by atoms with Crippen LogP contribution < -0.4 is 11.1 Å². The molecule has 11 heteroatoms. The number of aliphatic hydroxyl groups is 1. The van der Waals surface area contributed by atoms with Gasteiger partial charge >= 0.3 is 0 Å². The number of pyridine rings is 1. The van der Waals surface area contributed by atoms with Crippen LogP contribution in [0.5, 0.6) is 0 Å². The summed E-state index contributed by atoms with van der Waals surface area (Å²) in [7, 11) is 0. The lowest BCUT2D eigenvalue weighted by molar-refractivity contribution is 0.0316. The van der Waals surface area contributed by atoms with Crippen molar-refractivity contribution in [2.75, 3.05) is 5.32 Å². The fourth-order valence-electron chi connectivity index (χ4n) is 5.38. The number of benzene rings is 1. The molecule has 0 bridgehead atoms. The normalized spacial score (nSPS) is 15.0. The molecule has 0 aliphatic heterocycles. The lowest BCUT2D eigenvalue weighted by atomic mass is 9.91. The number of carbonyl (C=O) groups excluding carboxylic acids is 1. The van der Waals surface area contributed by atoms with Crippen LogP contribution in [0.1, 0.15) is 67.9 Å². The van der Waals surface area contributed by atoms with Crippen molar-refractivity contribution in [1.29, 1.82) is 0 Å². The van der Waals surface area contributed by atoms with Crippen molar-refractivity contribution in [3.05, 3.63) is 73.0 Å². The summed E-state index contributed by atoms with van der Waals surface area (Å²) in [6.07, 6.45) is 14.5. The largest absolute Gasteiger partial charge is 0.371 e. The van der Waals surface area contributed by atoms with E-state index in [1.54, 1.807) is 41.7 Å². The molecule has 1 saturated carbocycles. The van der Waals surface area contributed by atoms with Crippen LogP contribution in [0.3, 0.4) is 0 Å². The number of aromatic nitrogens is 7. The molecule has 4 N–H and O–H groups in total. The number of anilines is 1. The van der Waals surface area contributed by atoms with Gasteiger partial charge in [0.1, 0.15) is 12.1 Å². The lowest BCUT2D eigenvalue weighted by Crippen LogP contribution is -2.40. The Morgan fingerprint density at radius 3 is 2.60 bits per heavy atom. The molecule has 4 aromatic heterocycles. The summed E-state index contributed by atoms with van der Waals surface area (Å²) in [4.78, 5) is 29.8. The van der Waals surface area contributed by atoms with E-state index in [-0.39, 0.29) is 5.92 Å². The molecule has 1 amide bonds. The summed E-state index contributed by atoms with van der Waals surface area (Å²) in [6.45, 7) is 4.18. The molecule has 0 radical (unpaired) electrons. The van der Waals surface area contributed by atoms with Gasteiger partial charge in [0.15, 0.2) is 5.65 Å². The van der Waals surface area contributed by atoms with Crippen LogP contribution in [0.25, 0.3) is 33.7 Å². The van der Waals surface area contributed by atoms with E-state index in [0.717, 1.165) is 47.3 Å². The average Bonchev–Trinajstić information content (AvgIpc) is 3.59. The molecule has 1 fully saturated rings. The van der Waals surface area contributed by atoms with E-state index in [9.17, 15) is 9.90 Å². The van der Waals surface area contributed by atoms with Gasteiger partial charge in [0.2, 0.25) is 0 Å². The van der Waals surface area contributed by atoms with E-state index in [0.29, 0.717) is 35.4 Å². The predicted octanol–water partition coefficient (Wildman–Crippen LogP) is 4.35. The van der Waals surface area contributed by atoms with Crippen LogP contribution in [0.15, 0.2) is 61.7 Å². The van der Waals surface area contributed by atoms with Gasteiger partial charge in [-0.25, -0.2) is 24.6 Å². The topological polar surface area (TPSA) is 150 Å². The fraction of sp³-hybridized carbons (Fsp3) is 0.310. The zero-order valence-electron chi connectivity index (χ0n) is 22.4. The SMILES string of the molecule is CC(C)c1nn(-c2ccc(C(N)=O)c(NC3(O)CCCCC3)c2)c2nccc(-n3cnc(-c4cncnc4)c3)c12. The first-order valence-corrected chi connectivity index (χ1v) is 13.5. The second-order valence-electron chi connectivity index (χ2n) is 10.6. The van der Waals surface area contributed by atoms with Crippen molar-refractivity contribution in [2.45, 2.75) is 57.6 Å². The van der Waals surface area contributed by atoms with E-state index in [1.807, 2.05) is 22.9 Å². The van der Waals surface area contributed by atoms with Crippen LogP contribution in [0, 0.1) is 0 Å². The van der Waals surface area contributed by atoms with E-state index in [1.165, 1.54) is 6.33 Å². The number of hydrogen-bond donors (Lipinski definition) is 3. The summed E-state index contributed by atoms with van der Waals surface area (Å²) in [6, 6.07) is 7.21. The Bertz CT molecular complexity index is 1680. The number of hydrogen-bond acceptors (Lipinski definition) is 8. The molecule has 5 aromatic rings. The molecule has 1 aliphatic rings. The van der Waals surface area contributed by atoms with Gasteiger partial charge in [0.25, 0.3) is 5.91 Å². The first-order chi connectivity index (χ1) is 19.3. The zero-order chi connectivity index (χ0) is 27.9.